The number of nitrogens with one attached hydrogen (secondary N) is 1. The quantitative estimate of drug-likeness (QED) is 0.696. The molecule has 0 radical (unpaired) electrons. The molecule has 1 aromatic heterocycles. The van der Waals surface area contributed by atoms with E-state index in [0.29, 0.717) is 0 Å². The number of amides is 2. The lowest BCUT2D eigenvalue weighted by Crippen LogP contribution is -2.65. The number of carbonyl (C=O) groups is 2. The van der Waals surface area contributed by atoms with Gasteiger partial charge in [0.15, 0.2) is 11.4 Å². The summed E-state index contributed by atoms with van der Waals surface area (Å²) >= 11 is 0. The third kappa shape index (κ3) is 3.93. The van der Waals surface area contributed by atoms with Gasteiger partial charge in [-0.2, -0.15) is 0 Å². The molecule has 0 spiro atoms. The van der Waals surface area contributed by atoms with Crippen LogP contribution in [0.2, 0.25) is 0 Å². The number of hydrogen-bond acceptors (Lipinski definition) is 5. The number of allylic oxidation sites excluding steroid dienone is 3. The first-order chi connectivity index (χ1) is 16.0. The van der Waals surface area contributed by atoms with Gasteiger partial charge in [-0.15, -0.1) is 0 Å². The van der Waals surface area contributed by atoms with Gasteiger partial charge in [0.1, 0.15) is 23.7 Å². The van der Waals surface area contributed by atoms with Crippen LogP contribution >= 0.6 is 0 Å². The Morgan fingerprint density at radius 2 is 1.97 bits per heavy atom. The zero-order valence-electron chi connectivity index (χ0n) is 19.7. The highest BCUT2D eigenvalue weighted by atomic mass is 19.1. The van der Waals surface area contributed by atoms with E-state index in [9.17, 15) is 28.3 Å². The van der Waals surface area contributed by atoms with E-state index in [1.165, 1.54) is 23.8 Å². The van der Waals surface area contributed by atoms with Gasteiger partial charge in [-0.3, -0.25) is 19.3 Å². The van der Waals surface area contributed by atoms with Gasteiger partial charge < -0.3 is 19.9 Å². The smallest absolute Gasteiger partial charge is 0.276 e. The summed E-state index contributed by atoms with van der Waals surface area (Å²) in [6.07, 6.45) is 2.62. The molecule has 0 bridgehead atoms. The molecule has 1 aliphatic carbocycles. The molecule has 0 aromatic carbocycles. The second-order valence-electron chi connectivity index (χ2n) is 9.55. The summed E-state index contributed by atoms with van der Waals surface area (Å²) in [7, 11) is 0. The van der Waals surface area contributed by atoms with Crippen molar-refractivity contribution >= 4 is 11.8 Å². The SMILES string of the molecule is CC1C(F)=CC=C(CNC(=O)c2cn3c(c(O)c2=O)C(=O)N2C(C3)N(C(C)C)CC[C@@H]2C)C1F. The third-order valence-corrected chi connectivity index (χ3v) is 7.08. The largest absolute Gasteiger partial charge is 0.503 e. The standard InChI is InChI=1S/C24H30F2N4O4/c1-12(2)29-8-7-13(3)30-18(29)11-28-10-16(21(31)22(32)20(28)24(30)34)23(33)27-9-15-5-6-17(25)14(4)19(15)26/h5-6,10,12-14,18-19,32H,7-9,11H2,1-4H3,(H,27,33)/t13-,14?,18?,19?/m0/s1. The number of fused-ring (bicyclic) bond motifs is 2. The fraction of sp³-hybridized carbons (Fsp3) is 0.542. The molecule has 8 nitrogen and oxygen atoms in total. The molecule has 3 unspecified atom stereocenters. The lowest BCUT2D eigenvalue weighted by Gasteiger charge is -2.51. The molecule has 2 N–H and O–H groups in total. The summed E-state index contributed by atoms with van der Waals surface area (Å²) in [4.78, 5) is 42.8. The summed E-state index contributed by atoms with van der Waals surface area (Å²) in [5, 5.41) is 13.1. The number of pyridine rings is 1. The van der Waals surface area contributed by atoms with Crippen molar-refractivity contribution in [2.24, 2.45) is 5.92 Å². The van der Waals surface area contributed by atoms with Gasteiger partial charge in [0.05, 0.1) is 6.54 Å². The van der Waals surface area contributed by atoms with Crippen molar-refractivity contribution in [3.63, 3.8) is 0 Å². The molecule has 2 aliphatic heterocycles. The zero-order chi connectivity index (χ0) is 24.9. The van der Waals surface area contributed by atoms with Crippen molar-refractivity contribution in [2.75, 3.05) is 13.1 Å². The maximum atomic E-state index is 14.4. The maximum absolute atomic E-state index is 14.4. The Bertz CT molecular complexity index is 1140. The molecule has 34 heavy (non-hydrogen) atoms. The van der Waals surface area contributed by atoms with Crippen molar-refractivity contribution in [2.45, 2.75) is 65.1 Å². The highest BCUT2D eigenvalue weighted by Crippen LogP contribution is 2.32. The van der Waals surface area contributed by atoms with E-state index in [1.807, 2.05) is 20.8 Å². The van der Waals surface area contributed by atoms with Crippen LogP contribution < -0.4 is 10.7 Å². The number of rotatable bonds is 4. The minimum Gasteiger partial charge on any atom is -0.503 e. The molecule has 184 valence electrons. The number of halogens is 2. The Kier molecular flexibility index (Phi) is 6.37. The first-order valence-electron chi connectivity index (χ1n) is 11.6. The highest BCUT2D eigenvalue weighted by Gasteiger charge is 2.44. The minimum atomic E-state index is -1.60. The zero-order valence-corrected chi connectivity index (χ0v) is 19.7. The molecule has 4 atom stereocenters. The topological polar surface area (TPSA) is 94.9 Å². The maximum Gasteiger partial charge on any atom is 0.276 e. The molecule has 3 aliphatic rings. The predicted molar refractivity (Wildman–Crippen MR) is 122 cm³/mol. The minimum absolute atomic E-state index is 0.0579. The first kappa shape index (κ1) is 24.1. The molecule has 2 amide bonds. The molecular formula is C24H30F2N4O4. The van der Waals surface area contributed by atoms with Gasteiger partial charge in [0.25, 0.3) is 11.8 Å². The Balaban J connectivity index is 1.63. The second kappa shape index (κ2) is 8.98. The highest BCUT2D eigenvalue weighted by molar-refractivity contribution is 5.99. The van der Waals surface area contributed by atoms with Crippen LogP contribution in [0.3, 0.4) is 0 Å². The van der Waals surface area contributed by atoms with Gasteiger partial charge in [-0.05, 0) is 38.8 Å². The average Bonchev–Trinajstić information content (AvgIpc) is 2.78. The van der Waals surface area contributed by atoms with Crippen LogP contribution in [0.25, 0.3) is 0 Å². The van der Waals surface area contributed by atoms with E-state index >= 15 is 0 Å². The van der Waals surface area contributed by atoms with Crippen molar-refractivity contribution in [3.8, 4) is 5.75 Å². The molecule has 1 saturated heterocycles. The molecule has 4 rings (SSSR count). The van der Waals surface area contributed by atoms with Gasteiger partial charge >= 0.3 is 0 Å². The van der Waals surface area contributed by atoms with E-state index in [4.69, 9.17) is 0 Å². The number of aromatic hydroxyl groups is 1. The van der Waals surface area contributed by atoms with E-state index in [-0.39, 0.29) is 48.2 Å². The van der Waals surface area contributed by atoms with E-state index < -0.39 is 40.9 Å². The molecule has 1 fully saturated rings. The Morgan fingerprint density at radius 3 is 2.65 bits per heavy atom. The summed E-state index contributed by atoms with van der Waals surface area (Å²) in [5.41, 5.74) is -1.26. The van der Waals surface area contributed by atoms with Crippen LogP contribution in [0, 0.1) is 5.92 Å². The van der Waals surface area contributed by atoms with Gasteiger partial charge in [-0.1, -0.05) is 13.0 Å². The van der Waals surface area contributed by atoms with Gasteiger partial charge in [-0.25, -0.2) is 8.78 Å². The van der Waals surface area contributed by atoms with Crippen LogP contribution in [0.15, 0.2) is 34.5 Å². The van der Waals surface area contributed by atoms with E-state index in [0.717, 1.165) is 19.0 Å². The fourth-order valence-corrected chi connectivity index (χ4v) is 5.01. The number of carbonyl (C=O) groups excluding carboxylic acids is 2. The monoisotopic (exact) mass is 476 g/mol. The number of nitrogens with zero attached hydrogens (tertiary/aromatic N) is 3. The van der Waals surface area contributed by atoms with E-state index in [2.05, 4.69) is 10.2 Å². The van der Waals surface area contributed by atoms with Crippen LogP contribution in [0.1, 0.15) is 55.0 Å². The van der Waals surface area contributed by atoms with Crippen LogP contribution in [0.4, 0.5) is 8.78 Å². The molecule has 3 heterocycles. The Hall–Kier alpha value is -3.01. The normalized spacial score (nSPS) is 27.1. The van der Waals surface area contributed by atoms with Crippen LogP contribution in [-0.4, -0.2) is 68.8 Å². The van der Waals surface area contributed by atoms with Crippen molar-refractivity contribution in [3.05, 3.63) is 51.2 Å². The Morgan fingerprint density at radius 1 is 1.26 bits per heavy atom. The second-order valence-corrected chi connectivity index (χ2v) is 9.55. The fourth-order valence-electron chi connectivity index (χ4n) is 5.01. The number of hydrogen-bond donors (Lipinski definition) is 2. The summed E-state index contributed by atoms with van der Waals surface area (Å²) in [5.74, 6) is -3.56. The predicted octanol–water partition coefficient (Wildman–Crippen LogP) is 2.34. The van der Waals surface area contributed by atoms with Gasteiger partial charge in [0.2, 0.25) is 5.43 Å². The van der Waals surface area contributed by atoms with Crippen molar-refractivity contribution in [1.29, 1.82) is 0 Å². The number of alkyl halides is 1. The first-order valence-corrected chi connectivity index (χ1v) is 11.6. The van der Waals surface area contributed by atoms with Crippen molar-refractivity contribution in [1.82, 2.24) is 19.7 Å². The summed E-state index contributed by atoms with van der Waals surface area (Å²) in [6, 6.07) is 0.112. The van der Waals surface area contributed by atoms with Gasteiger partial charge in [0, 0.05) is 37.3 Å². The van der Waals surface area contributed by atoms with Crippen LogP contribution in [-0.2, 0) is 6.54 Å². The molecule has 10 heteroatoms. The summed E-state index contributed by atoms with van der Waals surface area (Å²) < 4.78 is 29.4. The lowest BCUT2D eigenvalue weighted by molar-refractivity contribution is -0.0454. The van der Waals surface area contributed by atoms with Crippen molar-refractivity contribution < 1.29 is 23.5 Å². The lowest BCUT2D eigenvalue weighted by atomic mass is 9.92. The third-order valence-electron chi connectivity index (χ3n) is 7.08. The molecule has 0 saturated carbocycles. The number of aromatic nitrogens is 1. The van der Waals surface area contributed by atoms with E-state index in [1.54, 1.807) is 4.90 Å². The van der Waals surface area contributed by atoms with Crippen LogP contribution in [0.5, 0.6) is 5.75 Å². The molecular weight excluding hydrogens is 446 g/mol. The summed E-state index contributed by atoms with van der Waals surface area (Å²) in [6.45, 7) is 8.29. The Labute approximate surface area is 196 Å². The molecule has 1 aromatic rings. The average molecular weight is 477 g/mol.